The predicted molar refractivity (Wildman–Crippen MR) is 72.7 cm³/mol. The van der Waals surface area contributed by atoms with Crippen LogP contribution in [0.3, 0.4) is 0 Å². The smallest absolute Gasteiger partial charge is 0.233 e. The predicted octanol–water partition coefficient (Wildman–Crippen LogP) is 3.21. The summed E-state index contributed by atoms with van der Waals surface area (Å²) < 4.78 is 41.5. The van der Waals surface area contributed by atoms with Gasteiger partial charge in [-0.05, 0) is 30.5 Å². The maximum atomic E-state index is 13.8. The van der Waals surface area contributed by atoms with Crippen molar-refractivity contribution in [3.8, 4) is 5.75 Å². The molecule has 19 heavy (non-hydrogen) atoms. The van der Waals surface area contributed by atoms with E-state index in [0.717, 1.165) is 12.8 Å². The molecule has 1 aliphatic rings. The van der Waals surface area contributed by atoms with E-state index in [1.807, 2.05) is 0 Å². The van der Waals surface area contributed by atoms with Gasteiger partial charge in [-0.3, -0.25) is 0 Å². The van der Waals surface area contributed by atoms with Crippen LogP contribution in [0.4, 0.5) is 4.39 Å². The molecule has 0 unspecified atom stereocenters. The molecule has 0 spiro atoms. The first kappa shape index (κ1) is 14.6. The third kappa shape index (κ3) is 3.20. The first-order valence-electron chi connectivity index (χ1n) is 6.13. The van der Waals surface area contributed by atoms with Crippen molar-refractivity contribution in [1.82, 2.24) is 0 Å². The molecule has 0 heterocycles. The summed E-state index contributed by atoms with van der Waals surface area (Å²) in [5.41, 5.74) is 0.126. The van der Waals surface area contributed by atoms with E-state index in [1.165, 1.54) is 19.2 Å². The monoisotopic (exact) mass is 306 g/mol. The minimum atomic E-state index is -3.62. The van der Waals surface area contributed by atoms with Gasteiger partial charge in [0.1, 0.15) is 0 Å². The molecule has 1 saturated carbocycles. The van der Waals surface area contributed by atoms with Crippen molar-refractivity contribution >= 4 is 19.7 Å². The van der Waals surface area contributed by atoms with Gasteiger partial charge < -0.3 is 4.74 Å². The molecule has 106 valence electrons. The standard InChI is InChI=1S/C13H16ClFO3S/c1-18-12-5-4-10(8-11(12)15)13(6-2-3-7-13)9-19(14,16)17/h4-5,8H,2-3,6-7,9H2,1H3. The SMILES string of the molecule is COc1ccc(C2(CS(=O)(=O)Cl)CCCC2)cc1F. The average Bonchev–Trinajstić information content (AvgIpc) is 2.76. The second-order valence-electron chi connectivity index (χ2n) is 5.02. The van der Waals surface area contributed by atoms with Crippen LogP contribution in [0.5, 0.6) is 5.75 Å². The molecule has 0 aromatic heterocycles. The molecular formula is C13H16ClFO3S. The first-order valence-corrected chi connectivity index (χ1v) is 8.60. The summed E-state index contributed by atoms with van der Waals surface area (Å²) in [6.07, 6.45) is 3.29. The molecule has 2 rings (SSSR count). The molecule has 0 N–H and O–H groups in total. The molecule has 1 aliphatic carbocycles. The van der Waals surface area contributed by atoms with E-state index in [0.29, 0.717) is 18.4 Å². The fourth-order valence-corrected chi connectivity index (χ4v) is 4.64. The van der Waals surface area contributed by atoms with Crippen LogP contribution in [0.15, 0.2) is 18.2 Å². The summed E-state index contributed by atoms with van der Waals surface area (Å²) in [5, 5.41) is 0. The summed E-state index contributed by atoms with van der Waals surface area (Å²) in [6, 6.07) is 4.63. The Hall–Kier alpha value is -0.810. The highest BCUT2D eigenvalue weighted by molar-refractivity contribution is 8.13. The lowest BCUT2D eigenvalue weighted by molar-refractivity contribution is 0.384. The van der Waals surface area contributed by atoms with Gasteiger partial charge in [0.05, 0.1) is 12.9 Å². The maximum Gasteiger partial charge on any atom is 0.233 e. The molecule has 1 aromatic rings. The van der Waals surface area contributed by atoms with Crippen molar-refractivity contribution in [2.24, 2.45) is 0 Å². The molecule has 3 nitrogen and oxygen atoms in total. The maximum absolute atomic E-state index is 13.8. The topological polar surface area (TPSA) is 43.4 Å². The zero-order valence-electron chi connectivity index (χ0n) is 10.7. The Morgan fingerprint density at radius 2 is 2.00 bits per heavy atom. The van der Waals surface area contributed by atoms with Gasteiger partial charge in [0.15, 0.2) is 11.6 Å². The van der Waals surface area contributed by atoms with E-state index in [-0.39, 0.29) is 11.5 Å². The number of benzene rings is 1. The van der Waals surface area contributed by atoms with E-state index in [1.54, 1.807) is 6.07 Å². The van der Waals surface area contributed by atoms with Crippen LogP contribution in [0, 0.1) is 5.82 Å². The second-order valence-corrected chi connectivity index (χ2v) is 7.80. The van der Waals surface area contributed by atoms with Gasteiger partial charge >= 0.3 is 0 Å². The van der Waals surface area contributed by atoms with Crippen LogP contribution in [0.25, 0.3) is 0 Å². The lowest BCUT2D eigenvalue weighted by atomic mass is 9.81. The zero-order chi connectivity index (χ0) is 14.1. The zero-order valence-corrected chi connectivity index (χ0v) is 12.2. The number of halogens is 2. The second kappa shape index (κ2) is 5.29. The third-order valence-corrected chi connectivity index (χ3v) is 5.00. The fourth-order valence-electron chi connectivity index (χ4n) is 2.89. The Balaban J connectivity index is 2.42. The Morgan fingerprint density at radius 1 is 1.37 bits per heavy atom. The van der Waals surface area contributed by atoms with Crippen molar-refractivity contribution in [3.63, 3.8) is 0 Å². The van der Waals surface area contributed by atoms with Gasteiger partial charge in [-0.1, -0.05) is 18.9 Å². The summed E-state index contributed by atoms with van der Waals surface area (Å²) in [4.78, 5) is 0. The molecule has 1 aromatic carbocycles. The summed E-state index contributed by atoms with van der Waals surface area (Å²) >= 11 is 0. The lowest BCUT2D eigenvalue weighted by Crippen LogP contribution is -2.30. The van der Waals surface area contributed by atoms with Crippen molar-refractivity contribution in [3.05, 3.63) is 29.6 Å². The van der Waals surface area contributed by atoms with Gasteiger partial charge in [0.2, 0.25) is 9.05 Å². The van der Waals surface area contributed by atoms with Crippen LogP contribution in [-0.4, -0.2) is 21.3 Å². The van der Waals surface area contributed by atoms with Crippen LogP contribution in [0.1, 0.15) is 31.2 Å². The molecule has 6 heteroatoms. The number of hydrogen-bond donors (Lipinski definition) is 0. The van der Waals surface area contributed by atoms with Crippen LogP contribution >= 0.6 is 10.7 Å². The van der Waals surface area contributed by atoms with Gasteiger partial charge in [-0.15, -0.1) is 0 Å². The van der Waals surface area contributed by atoms with E-state index >= 15 is 0 Å². The molecule has 0 bridgehead atoms. The largest absolute Gasteiger partial charge is 0.494 e. The van der Waals surface area contributed by atoms with E-state index in [2.05, 4.69) is 0 Å². The Labute approximate surface area is 117 Å². The van der Waals surface area contributed by atoms with Crippen molar-refractivity contribution < 1.29 is 17.5 Å². The van der Waals surface area contributed by atoms with E-state index in [4.69, 9.17) is 15.4 Å². The van der Waals surface area contributed by atoms with Crippen LogP contribution in [0.2, 0.25) is 0 Å². The molecule has 0 amide bonds. The minimum absolute atomic E-state index is 0.146. The highest BCUT2D eigenvalue weighted by Gasteiger charge is 2.39. The Kier molecular flexibility index (Phi) is 4.06. The summed E-state index contributed by atoms with van der Waals surface area (Å²) in [7, 11) is 3.18. The minimum Gasteiger partial charge on any atom is -0.494 e. The normalized spacial score (nSPS) is 18.5. The molecule has 0 saturated heterocycles. The lowest BCUT2D eigenvalue weighted by Gasteiger charge is -2.28. The van der Waals surface area contributed by atoms with E-state index in [9.17, 15) is 12.8 Å². The van der Waals surface area contributed by atoms with Crippen molar-refractivity contribution in [2.45, 2.75) is 31.1 Å². The van der Waals surface area contributed by atoms with Gasteiger partial charge in [0, 0.05) is 16.1 Å². The highest BCUT2D eigenvalue weighted by atomic mass is 35.7. The first-order chi connectivity index (χ1) is 8.86. The quantitative estimate of drug-likeness (QED) is 0.802. The average molecular weight is 307 g/mol. The van der Waals surface area contributed by atoms with Crippen molar-refractivity contribution in [2.75, 3.05) is 12.9 Å². The number of hydrogen-bond acceptors (Lipinski definition) is 3. The number of methoxy groups -OCH3 is 1. The molecule has 0 radical (unpaired) electrons. The highest BCUT2D eigenvalue weighted by Crippen LogP contribution is 2.43. The molecule has 0 aliphatic heterocycles. The molecule has 1 fully saturated rings. The van der Waals surface area contributed by atoms with Gasteiger partial charge in [-0.2, -0.15) is 0 Å². The number of rotatable bonds is 4. The summed E-state index contributed by atoms with van der Waals surface area (Å²) in [6.45, 7) is 0. The Bertz CT molecular complexity index is 565. The summed E-state index contributed by atoms with van der Waals surface area (Å²) in [5.74, 6) is -0.461. The molecule has 0 atom stereocenters. The number of ether oxygens (including phenoxy) is 1. The van der Waals surface area contributed by atoms with Gasteiger partial charge in [0.25, 0.3) is 0 Å². The van der Waals surface area contributed by atoms with Crippen LogP contribution in [-0.2, 0) is 14.5 Å². The molecular weight excluding hydrogens is 291 g/mol. The van der Waals surface area contributed by atoms with Gasteiger partial charge in [-0.25, -0.2) is 12.8 Å². The van der Waals surface area contributed by atoms with E-state index < -0.39 is 20.3 Å². The fraction of sp³-hybridized carbons (Fsp3) is 0.538. The third-order valence-electron chi connectivity index (χ3n) is 3.77. The Morgan fingerprint density at radius 3 is 2.47 bits per heavy atom. The van der Waals surface area contributed by atoms with Crippen molar-refractivity contribution in [1.29, 1.82) is 0 Å². The van der Waals surface area contributed by atoms with Crippen LogP contribution < -0.4 is 4.74 Å².